The Balaban J connectivity index is 2.47. The molecule has 0 saturated carbocycles. The van der Waals surface area contributed by atoms with Gasteiger partial charge in [-0.15, -0.1) is 0 Å². The van der Waals surface area contributed by atoms with Gasteiger partial charge in [-0.1, -0.05) is 39.5 Å². The highest BCUT2D eigenvalue weighted by Crippen LogP contribution is 2.34. The number of cyclic esters (lactones) is 2. The molecule has 1 aliphatic heterocycles. The molecule has 0 aromatic heterocycles. The summed E-state index contributed by atoms with van der Waals surface area (Å²) in [7, 11) is 0. The Kier molecular flexibility index (Phi) is 4.92. The van der Waals surface area contributed by atoms with E-state index in [0.29, 0.717) is 13.2 Å². The molecule has 0 atom stereocenters. The van der Waals surface area contributed by atoms with Gasteiger partial charge in [-0.2, -0.15) is 0 Å². The highest BCUT2D eigenvalue weighted by molar-refractivity contribution is 5.60. The molecule has 0 aromatic rings. The van der Waals surface area contributed by atoms with Crippen LogP contribution >= 0.6 is 0 Å². The van der Waals surface area contributed by atoms with Crippen LogP contribution in [0, 0.1) is 5.41 Å². The average Bonchev–Trinajstić information content (AvgIpc) is 2.27. The van der Waals surface area contributed by atoms with Gasteiger partial charge in [0.1, 0.15) is 13.2 Å². The molecular weight excluding hydrogens is 192 g/mol. The molecule has 0 unspecified atom stereocenters. The van der Waals surface area contributed by atoms with Crippen molar-refractivity contribution in [1.29, 1.82) is 0 Å². The molecule has 3 nitrogen and oxygen atoms in total. The Morgan fingerprint density at radius 3 is 1.93 bits per heavy atom. The Morgan fingerprint density at radius 2 is 1.53 bits per heavy atom. The Morgan fingerprint density at radius 1 is 1.07 bits per heavy atom. The number of hydrogen-bond acceptors (Lipinski definition) is 3. The molecule has 1 heterocycles. The van der Waals surface area contributed by atoms with Crippen molar-refractivity contribution in [3.05, 3.63) is 0 Å². The maximum atomic E-state index is 10.9. The van der Waals surface area contributed by atoms with Crippen LogP contribution in [-0.4, -0.2) is 19.4 Å². The quantitative estimate of drug-likeness (QED) is 0.634. The summed E-state index contributed by atoms with van der Waals surface area (Å²) in [4.78, 5) is 10.9. The normalized spacial score (nSPS) is 19.5. The monoisotopic (exact) mass is 214 g/mol. The lowest BCUT2D eigenvalue weighted by atomic mass is 9.79. The molecule has 3 heteroatoms. The molecule has 1 rings (SSSR count). The first-order valence-electron chi connectivity index (χ1n) is 6.02. The van der Waals surface area contributed by atoms with Crippen molar-refractivity contribution in [3.8, 4) is 0 Å². The van der Waals surface area contributed by atoms with E-state index in [2.05, 4.69) is 13.8 Å². The van der Waals surface area contributed by atoms with E-state index >= 15 is 0 Å². The SMILES string of the molecule is CCCCC1(CCCC)COC(=O)OC1. The minimum atomic E-state index is -0.501. The van der Waals surface area contributed by atoms with Gasteiger partial charge in [0.25, 0.3) is 0 Å². The average molecular weight is 214 g/mol. The van der Waals surface area contributed by atoms with Gasteiger partial charge in [-0.25, -0.2) is 4.79 Å². The second-order valence-corrected chi connectivity index (χ2v) is 4.53. The number of ether oxygens (including phenoxy) is 2. The summed E-state index contributed by atoms with van der Waals surface area (Å²) >= 11 is 0. The van der Waals surface area contributed by atoms with Crippen LogP contribution in [0.3, 0.4) is 0 Å². The third-order valence-corrected chi connectivity index (χ3v) is 3.11. The second kappa shape index (κ2) is 5.99. The third-order valence-electron chi connectivity index (χ3n) is 3.11. The lowest BCUT2D eigenvalue weighted by molar-refractivity contribution is -0.0682. The predicted octanol–water partition coefficient (Wildman–Crippen LogP) is 3.52. The number of rotatable bonds is 6. The molecule has 0 aromatic carbocycles. The van der Waals surface area contributed by atoms with Gasteiger partial charge < -0.3 is 9.47 Å². The van der Waals surface area contributed by atoms with Crippen molar-refractivity contribution in [3.63, 3.8) is 0 Å². The largest absolute Gasteiger partial charge is 0.508 e. The van der Waals surface area contributed by atoms with Crippen LogP contribution in [0.5, 0.6) is 0 Å². The van der Waals surface area contributed by atoms with E-state index in [9.17, 15) is 4.79 Å². The number of carbonyl (C=O) groups is 1. The molecule has 1 fully saturated rings. The van der Waals surface area contributed by atoms with E-state index in [-0.39, 0.29) is 5.41 Å². The molecule has 0 spiro atoms. The molecule has 15 heavy (non-hydrogen) atoms. The number of hydrogen-bond donors (Lipinski definition) is 0. The summed E-state index contributed by atoms with van der Waals surface area (Å²) < 4.78 is 10.1. The number of carbonyl (C=O) groups excluding carboxylic acids is 1. The fraction of sp³-hybridized carbons (Fsp3) is 0.917. The summed E-state index contributed by atoms with van der Waals surface area (Å²) in [5.41, 5.74) is 0.0972. The van der Waals surface area contributed by atoms with Crippen molar-refractivity contribution >= 4 is 6.16 Å². The maximum Gasteiger partial charge on any atom is 0.508 e. The van der Waals surface area contributed by atoms with Crippen LogP contribution in [0.25, 0.3) is 0 Å². The zero-order valence-corrected chi connectivity index (χ0v) is 9.88. The predicted molar refractivity (Wildman–Crippen MR) is 58.8 cm³/mol. The standard InChI is InChI=1S/C12H22O3/c1-3-5-7-12(8-6-4-2)9-14-11(13)15-10-12/h3-10H2,1-2H3. The van der Waals surface area contributed by atoms with E-state index in [1.165, 1.54) is 25.7 Å². The second-order valence-electron chi connectivity index (χ2n) is 4.53. The van der Waals surface area contributed by atoms with Crippen LogP contribution < -0.4 is 0 Å². The van der Waals surface area contributed by atoms with Crippen LogP contribution in [0.1, 0.15) is 52.4 Å². The van der Waals surface area contributed by atoms with Gasteiger partial charge in [0.2, 0.25) is 0 Å². The first-order valence-corrected chi connectivity index (χ1v) is 6.02. The van der Waals surface area contributed by atoms with Crippen molar-refractivity contribution in [1.82, 2.24) is 0 Å². The van der Waals surface area contributed by atoms with Crippen LogP contribution in [0.2, 0.25) is 0 Å². The lowest BCUT2D eigenvalue weighted by Crippen LogP contribution is -2.39. The van der Waals surface area contributed by atoms with Gasteiger partial charge in [0.05, 0.1) is 0 Å². The fourth-order valence-electron chi connectivity index (χ4n) is 2.02. The minimum Gasteiger partial charge on any atom is -0.434 e. The van der Waals surface area contributed by atoms with Crippen LogP contribution in [0.15, 0.2) is 0 Å². The Bertz CT molecular complexity index is 181. The van der Waals surface area contributed by atoms with E-state index in [0.717, 1.165) is 12.8 Å². The molecular formula is C12H22O3. The van der Waals surface area contributed by atoms with Crippen LogP contribution in [-0.2, 0) is 9.47 Å². The Hall–Kier alpha value is -0.730. The van der Waals surface area contributed by atoms with Gasteiger partial charge >= 0.3 is 6.16 Å². The van der Waals surface area contributed by atoms with Crippen LogP contribution in [0.4, 0.5) is 4.79 Å². The molecule has 0 bridgehead atoms. The molecule has 1 saturated heterocycles. The summed E-state index contributed by atoms with van der Waals surface area (Å²) in [6.07, 6.45) is 6.45. The topological polar surface area (TPSA) is 35.5 Å². The van der Waals surface area contributed by atoms with Crippen molar-refractivity contribution in [2.24, 2.45) is 5.41 Å². The summed E-state index contributed by atoms with van der Waals surface area (Å²) in [6, 6.07) is 0. The minimum absolute atomic E-state index is 0.0972. The third kappa shape index (κ3) is 3.73. The molecule has 1 aliphatic rings. The first-order chi connectivity index (χ1) is 7.22. The lowest BCUT2D eigenvalue weighted by Gasteiger charge is -2.35. The van der Waals surface area contributed by atoms with Gasteiger partial charge in [-0.05, 0) is 12.8 Å². The van der Waals surface area contributed by atoms with Gasteiger partial charge in [0, 0.05) is 5.41 Å². The molecule has 0 amide bonds. The van der Waals surface area contributed by atoms with E-state index < -0.39 is 6.16 Å². The molecule has 88 valence electrons. The van der Waals surface area contributed by atoms with E-state index in [1.54, 1.807) is 0 Å². The maximum absolute atomic E-state index is 10.9. The molecule has 0 N–H and O–H groups in total. The van der Waals surface area contributed by atoms with Crippen molar-refractivity contribution < 1.29 is 14.3 Å². The smallest absolute Gasteiger partial charge is 0.434 e. The van der Waals surface area contributed by atoms with E-state index in [4.69, 9.17) is 9.47 Å². The van der Waals surface area contributed by atoms with Crippen molar-refractivity contribution in [2.45, 2.75) is 52.4 Å². The van der Waals surface area contributed by atoms with Gasteiger partial charge in [-0.3, -0.25) is 0 Å². The highest BCUT2D eigenvalue weighted by Gasteiger charge is 2.36. The van der Waals surface area contributed by atoms with E-state index in [1.807, 2.05) is 0 Å². The highest BCUT2D eigenvalue weighted by atomic mass is 16.7. The summed E-state index contributed by atoms with van der Waals surface area (Å²) in [6.45, 7) is 5.46. The zero-order chi connectivity index (χ0) is 11.1. The van der Waals surface area contributed by atoms with Gasteiger partial charge in [0.15, 0.2) is 0 Å². The molecule has 0 aliphatic carbocycles. The fourth-order valence-corrected chi connectivity index (χ4v) is 2.02. The first kappa shape index (κ1) is 12.3. The summed E-state index contributed by atoms with van der Waals surface area (Å²) in [5, 5.41) is 0. The zero-order valence-electron chi connectivity index (χ0n) is 9.88. The Labute approximate surface area is 92.1 Å². The molecule has 0 radical (unpaired) electrons. The van der Waals surface area contributed by atoms with Crippen molar-refractivity contribution in [2.75, 3.05) is 13.2 Å². The summed E-state index contributed by atoms with van der Waals surface area (Å²) in [5.74, 6) is 0. The number of unbranched alkanes of at least 4 members (excludes halogenated alkanes) is 2.